The van der Waals surface area contributed by atoms with Gasteiger partial charge in [0, 0.05) is 11.8 Å². The first kappa shape index (κ1) is 18.1. The highest BCUT2D eigenvalue weighted by Crippen LogP contribution is 2.17. The normalized spacial score (nSPS) is 10.6. The maximum Gasteiger partial charge on any atom is 0.344 e. The predicted molar refractivity (Wildman–Crippen MR) is 96.4 cm³/mol. The number of fused-ring (bicyclic) bond motifs is 1. The van der Waals surface area contributed by atoms with E-state index in [2.05, 4.69) is 4.98 Å². The fourth-order valence-electron chi connectivity index (χ4n) is 2.57. The number of carbonyl (C=O) groups excluding carboxylic acids is 2. The SMILES string of the molecule is Cc1cccc2nc(COC(=O)COc3ccccc3C(N)=O)cc(=O)n12. The molecular formula is C19H17N3O5. The lowest BCUT2D eigenvalue weighted by molar-refractivity contribution is -0.147. The van der Waals surface area contributed by atoms with Crippen LogP contribution in [0.2, 0.25) is 0 Å². The van der Waals surface area contributed by atoms with Crippen LogP contribution in [0.1, 0.15) is 21.7 Å². The van der Waals surface area contributed by atoms with Crippen LogP contribution in [0.4, 0.5) is 0 Å². The van der Waals surface area contributed by atoms with Crippen LogP contribution in [0.5, 0.6) is 5.75 Å². The van der Waals surface area contributed by atoms with Gasteiger partial charge in [-0.25, -0.2) is 9.78 Å². The van der Waals surface area contributed by atoms with Crippen molar-refractivity contribution in [1.29, 1.82) is 0 Å². The first-order valence-electron chi connectivity index (χ1n) is 8.11. The third-order valence-electron chi connectivity index (χ3n) is 3.81. The molecule has 0 bridgehead atoms. The van der Waals surface area contributed by atoms with Crippen LogP contribution in [-0.4, -0.2) is 27.9 Å². The molecule has 0 unspecified atom stereocenters. The fourth-order valence-corrected chi connectivity index (χ4v) is 2.57. The van der Waals surface area contributed by atoms with E-state index in [4.69, 9.17) is 15.2 Å². The van der Waals surface area contributed by atoms with Gasteiger partial charge in [0.1, 0.15) is 18.0 Å². The first-order chi connectivity index (χ1) is 13.0. The van der Waals surface area contributed by atoms with Gasteiger partial charge in [-0.2, -0.15) is 0 Å². The summed E-state index contributed by atoms with van der Waals surface area (Å²) in [5, 5.41) is 0. The van der Waals surface area contributed by atoms with Crippen LogP contribution in [0.15, 0.2) is 53.3 Å². The van der Waals surface area contributed by atoms with Crippen LogP contribution in [-0.2, 0) is 16.1 Å². The largest absolute Gasteiger partial charge is 0.481 e. The van der Waals surface area contributed by atoms with Crippen molar-refractivity contribution in [2.75, 3.05) is 6.61 Å². The summed E-state index contributed by atoms with van der Waals surface area (Å²) in [6.07, 6.45) is 0. The van der Waals surface area contributed by atoms with Gasteiger partial charge in [-0.1, -0.05) is 18.2 Å². The molecule has 3 rings (SSSR count). The molecule has 27 heavy (non-hydrogen) atoms. The summed E-state index contributed by atoms with van der Waals surface area (Å²) < 4.78 is 11.9. The van der Waals surface area contributed by atoms with E-state index < -0.39 is 18.5 Å². The molecule has 0 aliphatic carbocycles. The Kier molecular flexibility index (Phi) is 5.16. The highest BCUT2D eigenvalue weighted by molar-refractivity contribution is 5.95. The van der Waals surface area contributed by atoms with Crippen LogP contribution in [0.25, 0.3) is 5.65 Å². The van der Waals surface area contributed by atoms with E-state index in [0.717, 1.165) is 5.69 Å². The molecule has 1 amide bonds. The zero-order chi connectivity index (χ0) is 19.4. The van der Waals surface area contributed by atoms with Crippen molar-refractivity contribution in [3.8, 4) is 5.75 Å². The molecule has 0 radical (unpaired) electrons. The summed E-state index contributed by atoms with van der Waals surface area (Å²) >= 11 is 0. The smallest absolute Gasteiger partial charge is 0.344 e. The van der Waals surface area contributed by atoms with Crippen molar-refractivity contribution in [3.63, 3.8) is 0 Å². The fraction of sp³-hybridized carbons (Fsp3) is 0.158. The van der Waals surface area contributed by atoms with Gasteiger partial charge in [0.25, 0.3) is 11.5 Å². The molecule has 0 saturated carbocycles. The lowest BCUT2D eigenvalue weighted by Gasteiger charge is -2.10. The lowest BCUT2D eigenvalue weighted by atomic mass is 10.2. The highest BCUT2D eigenvalue weighted by atomic mass is 16.6. The van der Waals surface area contributed by atoms with E-state index in [0.29, 0.717) is 11.3 Å². The summed E-state index contributed by atoms with van der Waals surface area (Å²) in [6, 6.07) is 12.9. The molecule has 138 valence electrons. The number of aryl methyl sites for hydroxylation is 1. The Hall–Kier alpha value is -3.68. The van der Waals surface area contributed by atoms with Gasteiger partial charge in [-0.05, 0) is 31.2 Å². The van der Waals surface area contributed by atoms with E-state index in [-0.39, 0.29) is 23.5 Å². The number of amides is 1. The standard InChI is InChI=1S/C19H17N3O5/c1-12-5-4-8-16-21-13(9-17(23)22(12)16)10-27-18(24)11-26-15-7-3-2-6-14(15)19(20)25/h2-9H,10-11H2,1H3,(H2,20,25). The minimum absolute atomic E-state index is 0.167. The number of benzene rings is 1. The third-order valence-corrected chi connectivity index (χ3v) is 3.81. The second-order valence-corrected chi connectivity index (χ2v) is 5.76. The van der Waals surface area contributed by atoms with Crippen LogP contribution >= 0.6 is 0 Å². The lowest BCUT2D eigenvalue weighted by Crippen LogP contribution is -2.20. The summed E-state index contributed by atoms with van der Waals surface area (Å²) in [5.41, 5.74) is 6.73. The summed E-state index contributed by atoms with van der Waals surface area (Å²) in [7, 11) is 0. The average molecular weight is 367 g/mol. The molecule has 2 N–H and O–H groups in total. The molecule has 2 aromatic heterocycles. The number of esters is 1. The Balaban J connectivity index is 1.64. The highest BCUT2D eigenvalue weighted by Gasteiger charge is 2.12. The number of carbonyl (C=O) groups is 2. The third kappa shape index (κ3) is 4.12. The Morgan fingerprint density at radius 1 is 1.15 bits per heavy atom. The molecule has 0 spiro atoms. The van der Waals surface area contributed by atoms with Gasteiger partial charge in [0.15, 0.2) is 6.61 Å². The molecular weight excluding hydrogens is 350 g/mol. The molecule has 3 aromatic rings. The number of nitrogens with zero attached hydrogens (tertiary/aromatic N) is 2. The van der Waals surface area contributed by atoms with Gasteiger partial charge < -0.3 is 15.2 Å². The Morgan fingerprint density at radius 3 is 2.70 bits per heavy atom. The minimum Gasteiger partial charge on any atom is -0.481 e. The zero-order valence-corrected chi connectivity index (χ0v) is 14.5. The molecule has 1 aromatic carbocycles. The van der Waals surface area contributed by atoms with Crippen LogP contribution in [0, 0.1) is 6.92 Å². The topological polar surface area (TPSA) is 113 Å². The number of aromatic nitrogens is 2. The molecule has 2 heterocycles. The Bertz CT molecular complexity index is 1070. The number of nitrogens with two attached hydrogens (primary N) is 1. The predicted octanol–water partition coefficient (Wildman–Crippen LogP) is 1.22. The van der Waals surface area contributed by atoms with Gasteiger partial charge in [0.05, 0.1) is 11.3 Å². The summed E-state index contributed by atoms with van der Waals surface area (Å²) in [5.74, 6) is -1.13. The van der Waals surface area contributed by atoms with E-state index in [9.17, 15) is 14.4 Å². The number of primary amides is 1. The molecule has 0 saturated heterocycles. The van der Waals surface area contributed by atoms with Crippen molar-refractivity contribution in [1.82, 2.24) is 9.38 Å². The molecule has 0 atom stereocenters. The quantitative estimate of drug-likeness (QED) is 0.656. The molecule has 0 aliphatic heterocycles. The first-order valence-corrected chi connectivity index (χ1v) is 8.11. The zero-order valence-electron chi connectivity index (χ0n) is 14.5. The maximum absolute atomic E-state index is 12.2. The second kappa shape index (κ2) is 7.69. The summed E-state index contributed by atoms with van der Waals surface area (Å²) in [4.78, 5) is 39.7. The number of ether oxygens (including phenoxy) is 2. The second-order valence-electron chi connectivity index (χ2n) is 5.76. The number of hydrogen-bond acceptors (Lipinski definition) is 6. The van der Waals surface area contributed by atoms with E-state index in [1.165, 1.54) is 22.6 Å². The van der Waals surface area contributed by atoms with Crippen molar-refractivity contribution in [3.05, 3.63) is 75.8 Å². The number of para-hydroxylation sites is 1. The van der Waals surface area contributed by atoms with E-state index >= 15 is 0 Å². The van der Waals surface area contributed by atoms with Crippen molar-refractivity contribution in [2.45, 2.75) is 13.5 Å². The van der Waals surface area contributed by atoms with Gasteiger partial charge in [-0.3, -0.25) is 14.0 Å². The molecule has 0 fully saturated rings. The Labute approximate surface area is 154 Å². The van der Waals surface area contributed by atoms with Crippen molar-refractivity contribution in [2.24, 2.45) is 5.73 Å². The molecule has 8 nitrogen and oxygen atoms in total. The monoisotopic (exact) mass is 367 g/mol. The average Bonchev–Trinajstić information content (AvgIpc) is 2.64. The summed E-state index contributed by atoms with van der Waals surface area (Å²) in [6.45, 7) is 1.23. The molecule has 8 heteroatoms. The molecule has 0 aliphatic rings. The van der Waals surface area contributed by atoms with Gasteiger partial charge in [0.2, 0.25) is 0 Å². The van der Waals surface area contributed by atoms with E-state index in [1.54, 1.807) is 37.3 Å². The van der Waals surface area contributed by atoms with Gasteiger partial charge in [-0.15, -0.1) is 0 Å². The van der Waals surface area contributed by atoms with Crippen LogP contribution < -0.4 is 16.0 Å². The van der Waals surface area contributed by atoms with Crippen LogP contribution in [0.3, 0.4) is 0 Å². The van der Waals surface area contributed by atoms with Gasteiger partial charge >= 0.3 is 5.97 Å². The number of rotatable bonds is 6. The minimum atomic E-state index is -0.666. The van der Waals surface area contributed by atoms with Crippen molar-refractivity contribution < 1.29 is 19.1 Å². The maximum atomic E-state index is 12.2. The van der Waals surface area contributed by atoms with Crippen molar-refractivity contribution >= 4 is 17.5 Å². The number of hydrogen-bond donors (Lipinski definition) is 1. The van der Waals surface area contributed by atoms with E-state index in [1.807, 2.05) is 0 Å². The number of pyridine rings is 1. The Morgan fingerprint density at radius 2 is 1.93 bits per heavy atom.